The average molecular weight is 269 g/mol. The molecule has 1 aromatic heterocycles. The van der Waals surface area contributed by atoms with Crippen molar-refractivity contribution in [2.24, 2.45) is 5.73 Å². The summed E-state index contributed by atoms with van der Waals surface area (Å²) in [5, 5.41) is 0.690. The SMILES string of the molecule is CN1CCCC(N(C)c2nccc(CN)c2Cl)C1. The second-order valence-electron chi connectivity index (χ2n) is 4.98. The van der Waals surface area contributed by atoms with Crippen molar-refractivity contribution in [3.8, 4) is 0 Å². The first-order chi connectivity index (χ1) is 8.63. The first-order valence-corrected chi connectivity index (χ1v) is 6.76. The van der Waals surface area contributed by atoms with Crippen LogP contribution in [-0.4, -0.2) is 43.1 Å². The van der Waals surface area contributed by atoms with E-state index in [1.54, 1.807) is 6.20 Å². The van der Waals surface area contributed by atoms with Crippen LogP contribution in [0.1, 0.15) is 18.4 Å². The highest BCUT2D eigenvalue weighted by Crippen LogP contribution is 2.28. The lowest BCUT2D eigenvalue weighted by Gasteiger charge is -2.36. The number of rotatable bonds is 3. The molecule has 18 heavy (non-hydrogen) atoms. The standard InChI is InChI=1S/C13H21ClN4/c1-17-7-3-4-11(9-17)18(2)13-12(14)10(8-15)5-6-16-13/h5-6,11H,3-4,7-9,15H2,1-2H3. The molecule has 1 aromatic rings. The van der Waals surface area contributed by atoms with Gasteiger partial charge in [-0.15, -0.1) is 0 Å². The molecule has 1 unspecified atom stereocenters. The number of pyridine rings is 1. The zero-order chi connectivity index (χ0) is 13.1. The van der Waals surface area contributed by atoms with Crippen molar-refractivity contribution >= 4 is 17.4 Å². The van der Waals surface area contributed by atoms with E-state index in [9.17, 15) is 0 Å². The van der Waals surface area contributed by atoms with E-state index in [2.05, 4.69) is 28.9 Å². The third-order valence-corrected chi connectivity index (χ3v) is 4.06. The lowest BCUT2D eigenvalue weighted by Crippen LogP contribution is -2.45. The van der Waals surface area contributed by atoms with Crippen LogP contribution in [0.4, 0.5) is 5.82 Å². The van der Waals surface area contributed by atoms with Gasteiger partial charge in [0.25, 0.3) is 0 Å². The lowest BCUT2D eigenvalue weighted by molar-refractivity contribution is 0.247. The molecular weight excluding hydrogens is 248 g/mol. The van der Waals surface area contributed by atoms with Crippen LogP contribution in [0.2, 0.25) is 5.02 Å². The zero-order valence-corrected chi connectivity index (χ0v) is 11.8. The molecule has 0 amide bonds. The number of piperidine rings is 1. The number of hydrogen-bond donors (Lipinski definition) is 1. The number of aromatic nitrogens is 1. The largest absolute Gasteiger partial charge is 0.354 e. The van der Waals surface area contributed by atoms with Gasteiger partial charge in [-0.1, -0.05) is 11.6 Å². The Hall–Kier alpha value is -0.840. The number of likely N-dealkylation sites (N-methyl/N-ethyl adjacent to an activating group) is 2. The molecule has 0 saturated carbocycles. The molecule has 2 N–H and O–H groups in total. The van der Waals surface area contributed by atoms with Gasteiger partial charge < -0.3 is 15.5 Å². The van der Waals surface area contributed by atoms with Gasteiger partial charge in [-0.2, -0.15) is 0 Å². The number of hydrogen-bond acceptors (Lipinski definition) is 4. The summed E-state index contributed by atoms with van der Waals surface area (Å²) in [5.74, 6) is 0.847. The van der Waals surface area contributed by atoms with Crippen molar-refractivity contribution in [3.63, 3.8) is 0 Å². The van der Waals surface area contributed by atoms with Gasteiger partial charge >= 0.3 is 0 Å². The summed E-state index contributed by atoms with van der Waals surface area (Å²) in [6.45, 7) is 2.68. The molecule has 0 bridgehead atoms. The highest BCUT2D eigenvalue weighted by Gasteiger charge is 2.23. The summed E-state index contributed by atoms with van der Waals surface area (Å²) >= 11 is 6.36. The number of halogens is 1. The molecular formula is C13H21ClN4. The molecule has 0 aliphatic carbocycles. The summed E-state index contributed by atoms with van der Waals surface area (Å²) < 4.78 is 0. The van der Waals surface area contributed by atoms with Crippen LogP contribution in [-0.2, 0) is 6.54 Å². The zero-order valence-electron chi connectivity index (χ0n) is 11.1. The van der Waals surface area contributed by atoms with Gasteiger partial charge in [0.15, 0.2) is 0 Å². The maximum Gasteiger partial charge on any atom is 0.147 e. The summed E-state index contributed by atoms with van der Waals surface area (Å²) in [6, 6.07) is 2.36. The topological polar surface area (TPSA) is 45.4 Å². The Morgan fingerprint density at radius 1 is 1.61 bits per heavy atom. The van der Waals surface area contributed by atoms with E-state index in [4.69, 9.17) is 17.3 Å². The molecule has 0 radical (unpaired) electrons. The van der Waals surface area contributed by atoms with Crippen molar-refractivity contribution in [1.82, 2.24) is 9.88 Å². The van der Waals surface area contributed by atoms with E-state index in [-0.39, 0.29) is 0 Å². The fourth-order valence-electron chi connectivity index (χ4n) is 2.50. The molecule has 100 valence electrons. The molecule has 1 fully saturated rings. The van der Waals surface area contributed by atoms with Crippen LogP contribution in [0.5, 0.6) is 0 Å². The first-order valence-electron chi connectivity index (χ1n) is 6.38. The van der Waals surface area contributed by atoms with Crippen molar-refractivity contribution in [3.05, 3.63) is 22.8 Å². The lowest BCUT2D eigenvalue weighted by atomic mass is 10.0. The minimum absolute atomic E-state index is 0.451. The van der Waals surface area contributed by atoms with E-state index in [0.29, 0.717) is 17.6 Å². The Bertz CT molecular complexity index is 410. The van der Waals surface area contributed by atoms with Gasteiger partial charge in [-0.25, -0.2) is 4.98 Å². The van der Waals surface area contributed by atoms with E-state index >= 15 is 0 Å². The maximum absolute atomic E-state index is 6.36. The highest BCUT2D eigenvalue weighted by atomic mass is 35.5. The quantitative estimate of drug-likeness (QED) is 0.907. The van der Waals surface area contributed by atoms with Gasteiger partial charge in [0.1, 0.15) is 5.82 Å². The van der Waals surface area contributed by atoms with E-state index in [1.165, 1.54) is 19.4 Å². The normalized spacial score (nSPS) is 21.0. The predicted octanol–water partition coefficient (Wildman–Crippen LogP) is 1.72. The predicted molar refractivity (Wildman–Crippen MR) is 76.1 cm³/mol. The van der Waals surface area contributed by atoms with Crippen LogP contribution >= 0.6 is 11.6 Å². The summed E-state index contributed by atoms with van der Waals surface area (Å²) in [4.78, 5) is 8.95. The fourth-order valence-corrected chi connectivity index (χ4v) is 2.83. The maximum atomic E-state index is 6.36. The summed E-state index contributed by atoms with van der Waals surface area (Å²) in [5.41, 5.74) is 6.64. The van der Waals surface area contributed by atoms with Crippen molar-refractivity contribution in [2.45, 2.75) is 25.4 Å². The monoisotopic (exact) mass is 268 g/mol. The Morgan fingerprint density at radius 3 is 3.06 bits per heavy atom. The molecule has 5 heteroatoms. The molecule has 0 spiro atoms. The van der Waals surface area contributed by atoms with Gasteiger partial charge in [0.2, 0.25) is 0 Å². The molecule has 4 nitrogen and oxygen atoms in total. The van der Waals surface area contributed by atoms with Crippen molar-refractivity contribution in [2.75, 3.05) is 32.1 Å². The molecule has 2 rings (SSSR count). The third kappa shape index (κ3) is 2.76. The second-order valence-corrected chi connectivity index (χ2v) is 5.36. The highest BCUT2D eigenvalue weighted by molar-refractivity contribution is 6.33. The molecule has 1 atom stereocenters. The van der Waals surface area contributed by atoms with E-state index in [1.807, 2.05) is 6.07 Å². The second kappa shape index (κ2) is 5.87. The van der Waals surface area contributed by atoms with Gasteiger partial charge in [0.05, 0.1) is 5.02 Å². The van der Waals surface area contributed by atoms with Crippen molar-refractivity contribution < 1.29 is 0 Å². The van der Waals surface area contributed by atoms with Crippen LogP contribution < -0.4 is 10.6 Å². The Kier molecular flexibility index (Phi) is 4.43. The first kappa shape index (κ1) is 13.6. The Labute approximate surface area is 114 Å². The molecule has 1 aliphatic rings. The van der Waals surface area contributed by atoms with Crippen LogP contribution in [0.25, 0.3) is 0 Å². The Morgan fingerprint density at radius 2 is 2.39 bits per heavy atom. The van der Waals surface area contributed by atoms with Crippen molar-refractivity contribution in [1.29, 1.82) is 0 Å². The number of nitrogens with two attached hydrogens (primary N) is 1. The van der Waals surface area contributed by atoms with Crippen LogP contribution in [0.15, 0.2) is 12.3 Å². The summed E-state index contributed by atoms with van der Waals surface area (Å²) in [7, 11) is 4.23. The van der Waals surface area contributed by atoms with E-state index < -0.39 is 0 Å². The molecule has 0 aromatic carbocycles. The fraction of sp³-hybridized carbons (Fsp3) is 0.615. The van der Waals surface area contributed by atoms with Gasteiger partial charge in [0, 0.05) is 32.4 Å². The summed E-state index contributed by atoms with van der Waals surface area (Å²) in [6.07, 6.45) is 4.19. The molecule has 2 heterocycles. The molecule has 1 saturated heterocycles. The van der Waals surface area contributed by atoms with Gasteiger partial charge in [-0.05, 0) is 38.1 Å². The minimum Gasteiger partial charge on any atom is -0.354 e. The third-order valence-electron chi connectivity index (χ3n) is 3.65. The Balaban J connectivity index is 2.20. The smallest absolute Gasteiger partial charge is 0.147 e. The van der Waals surface area contributed by atoms with Crippen LogP contribution in [0.3, 0.4) is 0 Å². The van der Waals surface area contributed by atoms with Crippen LogP contribution in [0, 0.1) is 0 Å². The number of nitrogens with zero attached hydrogens (tertiary/aromatic N) is 3. The van der Waals surface area contributed by atoms with E-state index in [0.717, 1.165) is 17.9 Å². The molecule has 1 aliphatic heterocycles. The van der Waals surface area contributed by atoms with Gasteiger partial charge in [-0.3, -0.25) is 0 Å². The minimum atomic E-state index is 0.451. The number of likely N-dealkylation sites (tertiary alicyclic amines) is 1. The number of anilines is 1. The average Bonchev–Trinajstić information content (AvgIpc) is 2.38.